The van der Waals surface area contributed by atoms with E-state index in [1.54, 1.807) is 30.1 Å². The third-order valence-electron chi connectivity index (χ3n) is 4.96. The molecule has 3 aliphatic heterocycles. The number of aryl methyl sites for hydroxylation is 1. The second-order valence-electron chi connectivity index (χ2n) is 6.73. The van der Waals surface area contributed by atoms with Crippen molar-refractivity contribution in [2.45, 2.75) is 30.1 Å². The van der Waals surface area contributed by atoms with E-state index in [1.807, 2.05) is 11.8 Å². The van der Waals surface area contributed by atoms with E-state index < -0.39 is 6.04 Å². The molecule has 4 rings (SSSR count). The third kappa shape index (κ3) is 3.22. The van der Waals surface area contributed by atoms with Crippen molar-refractivity contribution in [3.05, 3.63) is 5.01 Å². The highest BCUT2D eigenvalue weighted by Crippen LogP contribution is 2.26. The summed E-state index contributed by atoms with van der Waals surface area (Å²) >= 11 is 3.20. The highest BCUT2D eigenvalue weighted by Gasteiger charge is 2.55. The SMILES string of the molecule is Cc1nnc(SCCN2C(=[N+]3CCCC3)N=C3C2C(=O)N(C)C(=O)N3C)s1. The van der Waals surface area contributed by atoms with Crippen LogP contribution in [-0.2, 0) is 4.79 Å². The number of hydrogen-bond donors (Lipinski definition) is 0. The summed E-state index contributed by atoms with van der Waals surface area (Å²) < 4.78 is 3.14. The smallest absolute Gasteiger partial charge is 0.270 e. The molecule has 3 aliphatic rings. The average Bonchev–Trinajstić information content (AvgIpc) is 3.38. The van der Waals surface area contributed by atoms with Crippen molar-refractivity contribution >= 4 is 46.8 Å². The predicted octanol–water partition coefficient (Wildman–Crippen LogP) is 0.707. The fourth-order valence-electron chi connectivity index (χ4n) is 3.55. The number of aromatic nitrogens is 2. The molecule has 0 bridgehead atoms. The molecule has 144 valence electrons. The molecule has 0 N–H and O–H groups in total. The summed E-state index contributed by atoms with van der Waals surface area (Å²) in [5.74, 6) is 1.88. The Balaban J connectivity index is 1.59. The summed E-state index contributed by atoms with van der Waals surface area (Å²) in [6.07, 6.45) is 2.24. The molecule has 0 aliphatic carbocycles. The maximum absolute atomic E-state index is 12.9. The Morgan fingerprint density at radius 1 is 1.19 bits per heavy atom. The van der Waals surface area contributed by atoms with Gasteiger partial charge in [0, 0.05) is 19.8 Å². The lowest BCUT2D eigenvalue weighted by atomic mass is 10.1. The zero-order valence-electron chi connectivity index (χ0n) is 15.6. The number of likely N-dealkylation sites (N-methyl/N-ethyl adjacent to an activating group) is 2. The minimum Gasteiger partial charge on any atom is -0.270 e. The Morgan fingerprint density at radius 2 is 1.93 bits per heavy atom. The molecule has 2 fully saturated rings. The van der Waals surface area contributed by atoms with Gasteiger partial charge in [0.05, 0.1) is 19.6 Å². The van der Waals surface area contributed by atoms with Crippen molar-refractivity contribution in [1.29, 1.82) is 0 Å². The molecule has 1 atom stereocenters. The van der Waals surface area contributed by atoms with E-state index in [0.717, 1.165) is 47.0 Å². The zero-order chi connectivity index (χ0) is 19.1. The third-order valence-corrected chi connectivity index (χ3v) is 6.92. The molecule has 3 amide bonds. The van der Waals surface area contributed by atoms with Crippen LogP contribution in [-0.4, -0.2) is 98.7 Å². The number of thioether (sulfide) groups is 1. The molecule has 0 radical (unpaired) electrons. The van der Waals surface area contributed by atoms with Crippen LogP contribution in [0.5, 0.6) is 0 Å². The fraction of sp³-hybridized carbons (Fsp3) is 0.625. The van der Waals surface area contributed by atoms with Crippen molar-refractivity contribution in [2.75, 3.05) is 39.5 Å². The van der Waals surface area contributed by atoms with Crippen LogP contribution >= 0.6 is 23.1 Å². The van der Waals surface area contributed by atoms with Crippen molar-refractivity contribution in [1.82, 2.24) is 24.9 Å². The molecule has 4 heterocycles. The van der Waals surface area contributed by atoms with Gasteiger partial charge in [0.1, 0.15) is 5.01 Å². The second-order valence-corrected chi connectivity index (χ2v) is 9.26. The lowest BCUT2D eigenvalue weighted by molar-refractivity contribution is -0.511. The quantitative estimate of drug-likeness (QED) is 0.539. The number of carbonyl (C=O) groups excluding carboxylic acids is 2. The molecule has 0 aromatic carbocycles. The number of imide groups is 1. The number of amidine groups is 1. The van der Waals surface area contributed by atoms with Crippen LogP contribution in [0.1, 0.15) is 17.8 Å². The van der Waals surface area contributed by atoms with Crippen LogP contribution in [0.25, 0.3) is 0 Å². The average molecular weight is 409 g/mol. The molecule has 27 heavy (non-hydrogen) atoms. The first-order chi connectivity index (χ1) is 13.0. The molecule has 11 heteroatoms. The van der Waals surface area contributed by atoms with E-state index in [-0.39, 0.29) is 11.9 Å². The van der Waals surface area contributed by atoms with E-state index in [9.17, 15) is 9.59 Å². The van der Waals surface area contributed by atoms with Crippen molar-refractivity contribution in [3.63, 3.8) is 0 Å². The Morgan fingerprint density at radius 3 is 2.59 bits per heavy atom. The van der Waals surface area contributed by atoms with E-state index in [1.165, 1.54) is 16.8 Å². The molecule has 0 saturated carbocycles. The monoisotopic (exact) mass is 408 g/mol. The standard InChI is InChI=1S/C16H22N7O2S2/c1-10-18-19-15(27-10)26-9-8-23-11-12(17-14(23)22-6-4-5-7-22)20(2)16(25)21(3)13(11)24/h11H,4-9H2,1-3H3/q+1. The highest BCUT2D eigenvalue weighted by atomic mass is 32.2. The molecule has 1 aromatic rings. The van der Waals surface area contributed by atoms with Gasteiger partial charge in [-0.1, -0.05) is 28.1 Å². The summed E-state index contributed by atoms with van der Waals surface area (Å²) in [6.45, 7) is 4.44. The molecule has 2 saturated heterocycles. The van der Waals surface area contributed by atoms with Gasteiger partial charge in [-0.2, -0.15) is 0 Å². The first-order valence-corrected chi connectivity index (χ1v) is 10.7. The number of hydrogen-bond acceptors (Lipinski definition) is 6. The van der Waals surface area contributed by atoms with Crippen LogP contribution in [0.3, 0.4) is 0 Å². The summed E-state index contributed by atoms with van der Waals surface area (Å²) in [7, 11) is 3.21. The maximum Gasteiger partial charge on any atom is 0.392 e. The molecular formula is C16H22N7O2S2+. The number of rotatable bonds is 4. The van der Waals surface area contributed by atoms with Crippen LogP contribution < -0.4 is 0 Å². The van der Waals surface area contributed by atoms with Crippen LogP contribution in [0, 0.1) is 6.92 Å². The number of fused-ring (bicyclic) bond motifs is 1. The van der Waals surface area contributed by atoms with E-state index in [2.05, 4.69) is 14.8 Å². The highest BCUT2D eigenvalue weighted by molar-refractivity contribution is 8.01. The van der Waals surface area contributed by atoms with Gasteiger partial charge in [0.15, 0.2) is 4.34 Å². The van der Waals surface area contributed by atoms with E-state index in [0.29, 0.717) is 12.4 Å². The molecule has 1 unspecified atom stereocenters. The first kappa shape index (κ1) is 18.4. The number of amides is 3. The Hall–Kier alpha value is -2.01. The largest absolute Gasteiger partial charge is 0.392 e. The van der Waals surface area contributed by atoms with Gasteiger partial charge in [-0.3, -0.25) is 19.2 Å². The minimum atomic E-state index is -0.537. The topological polar surface area (TPSA) is 85.0 Å². The van der Waals surface area contributed by atoms with Gasteiger partial charge in [-0.15, -0.1) is 10.2 Å². The maximum atomic E-state index is 12.9. The minimum absolute atomic E-state index is 0.220. The van der Waals surface area contributed by atoms with Gasteiger partial charge in [0.2, 0.25) is 11.9 Å². The van der Waals surface area contributed by atoms with Crippen molar-refractivity contribution in [3.8, 4) is 0 Å². The first-order valence-electron chi connectivity index (χ1n) is 8.92. The number of nitrogens with zero attached hydrogens (tertiary/aromatic N) is 7. The van der Waals surface area contributed by atoms with Crippen molar-refractivity contribution in [2.24, 2.45) is 4.99 Å². The van der Waals surface area contributed by atoms with E-state index in [4.69, 9.17) is 4.99 Å². The molecular weight excluding hydrogens is 386 g/mol. The van der Waals surface area contributed by atoms with Gasteiger partial charge >= 0.3 is 12.0 Å². The molecule has 9 nitrogen and oxygen atoms in total. The fourth-order valence-corrected chi connectivity index (χ4v) is 5.38. The van der Waals surface area contributed by atoms with Crippen LogP contribution in [0.4, 0.5) is 4.79 Å². The summed E-state index contributed by atoms with van der Waals surface area (Å²) in [4.78, 5) is 34.6. The van der Waals surface area contributed by atoms with Gasteiger partial charge < -0.3 is 0 Å². The summed E-state index contributed by atoms with van der Waals surface area (Å²) in [6, 6.07) is -0.874. The number of aliphatic imine (C=N–C) groups is 1. The number of carbonyl (C=O) groups is 2. The number of guanidine groups is 1. The Kier molecular flexibility index (Phi) is 4.89. The second kappa shape index (κ2) is 7.19. The Bertz CT molecular complexity index is 842. The Labute approximate surface area is 165 Å². The van der Waals surface area contributed by atoms with E-state index >= 15 is 0 Å². The van der Waals surface area contributed by atoms with Gasteiger partial charge in [-0.25, -0.2) is 9.69 Å². The van der Waals surface area contributed by atoms with Gasteiger partial charge in [-0.05, 0) is 19.8 Å². The number of urea groups is 1. The summed E-state index contributed by atoms with van der Waals surface area (Å²) in [5.41, 5.74) is 0. The lowest BCUT2D eigenvalue weighted by Gasteiger charge is -2.33. The molecule has 1 aromatic heterocycles. The van der Waals surface area contributed by atoms with Gasteiger partial charge in [0.25, 0.3) is 5.91 Å². The van der Waals surface area contributed by atoms with Crippen LogP contribution in [0.15, 0.2) is 9.33 Å². The predicted molar refractivity (Wildman–Crippen MR) is 103 cm³/mol. The van der Waals surface area contributed by atoms with Crippen molar-refractivity contribution < 1.29 is 14.2 Å². The lowest BCUT2D eigenvalue weighted by Crippen LogP contribution is -2.63. The zero-order valence-corrected chi connectivity index (χ0v) is 17.2. The summed E-state index contributed by atoms with van der Waals surface area (Å²) in [5, 5.41) is 9.13. The normalized spacial score (nSPS) is 22.9. The molecule has 0 spiro atoms. The van der Waals surface area contributed by atoms with Crippen LogP contribution in [0.2, 0.25) is 0 Å².